The van der Waals surface area contributed by atoms with Gasteiger partial charge in [0.15, 0.2) is 0 Å². The monoisotopic (exact) mass is 408 g/mol. The summed E-state index contributed by atoms with van der Waals surface area (Å²) < 4.78 is 21.7. The van der Waals surface area contributed by atoms with Crippen molar-refractivity contribution in [2.24, 2.45) is 0 Å². The summed E-state index contributed by atoms with van der Waals surface area (Å²) in [5.74, 6) is -0.318. The van der Waals surface area contributed by atoms with Crippen LogP contribution < -0.4 is 5.32 Å². The van der Waals surface area contributed by atoms with E-state index in [0.717, 1.165) is 17.0 Å². The Morgan fingerprint density at radius 2 is 2.03 bits per heavy atom. The number of aryl methyl sites for hydroxylation is 2. The van der Waals surface area contributed by atoms with Crippen molar-refractivity contribution in [1.82, 2.24) is 14.7 Å². The highest BCUT2D eigenvalue weighted by molar-refractivity contribution is 5.89. The first kappa shape index (κ1) is 20.1. The SMILES string of the molecule is Cc1cc(C)n(Cc2cccc(NC(=O)N3CCOC(c4ccccc4F)C3)c2)n1. The highest BCUT2D eigenvalue weighted by Gasteiger charge is 2.27. The van der Waals surface area contributed by atoms with Crippen LogP contribution in [0, 0.1) is 19.7 Å². The minimum absolute atomic E-state index is 0.220. The zero-order valence-electron chi connectivity index (χ0n) is 17.1. The standard InChI is InChI=1S/C23H25FN4O2/c1-16-12-17(2)28(26-16)14-18-6-5-7-19(13-18)25-23(29)27-10-11-30-22(15-27)20-8-3-4-9-21(20)24/h3-9,12-13,22H,10-11,14-15H2,1-2H3,(H,25,29). The third-order valence-electron chi connectivity index (χ3n) is 5.22. The van der Waals surface area contributed by atoms with Crippen LogP contribution in [0.25, 0.3) is 0 Å². The Morgan fingerprint density at radius 1 is 1.20 bits per heavy atom. The van der Waals surface area contributed by atoms with Gasteiger partial charge in [-0.2, -0.15) is 5.10 Å². The van der Waals surface area contributed by atoms with E-state index in [-0.39, 0.29) is 11.8 Å². The van der Waals surface area contributed by atoms with Crippen LogP contribution in [-0.4, -0.2) is 40.4 Å². The van der Waals surface area contributed by atoms with Crippen LogP contribution in [0.4, 0.5) is 14.9 Å². The van der Waals surface area contributed by atoms with Crippen molar-refractivity contribution in [1.29, 1.82) is 0 Å². The lowest BCUT2D eigenvalue weighted by Gasteiger charge is -2.33. The number of hydrogen-bond acceptors (Lipinski definition) is 3. The quantitative estimate of drug-likeness (QED) is 0.701. The average Bonchev–Trinajstić information content (AvgIpc) is 3.05. The van der Waals surface area contributed by atoms with Crippen LogP contribution in [0.15, 0.2) is 54.6 Å². The van der Waals surface area contributed by atoms with Crippen molar-refractivity contribution in [2.45, 2.75) is 26.5 Å². The Bertz CT molecular complexity index is 1050. The molecular weight excluding hydrogens is 383 g/mol. The fourth-order valence-corrected chi connectivity index (χ4v) is 3.72. The number of halogens is 1. The van der Waals surface area contributed by atoms with Gasteiger partial charge in [-0.3, -0.25) is 4.68 Å². The van der Waals surface area contributed by atoms with Gasteiger partial charge >= 0.3 is 6.03 Å². The van der Waals surface area contributed by atoms with Gasteiger partial charge in [-0.05, 0) is 43.7 Å². The van der Waals surface area contributed by atoms with E-state index in [1.807, 2.05) is 48.9 Å². The molecule has 156 valence electrons. The van der Waals surface area contributed by atoms with E-state index in [1.165, 1.54) is 6.07 Å². The number of nitrogens with one attached hydrogen (secondary N) is 1. The number of nitrogens with zero attached hydrogens (tertiary/aromatic N) is 3. The summed E-state index contributed by atoms with van der Waals surface area (Å²) in [5.41, 5.74) is 4.31. The maximum Gasteiger partial charge on any atom is 0.322 e. The number of aromatic nitrogens is 2. The lowest BCUT2D eigenvalue weighted by atomic mass is 10.1. The number of ether oxygens (including phenoxy) is 1. The zero-order chi connectivity index (χ0) is 21.1. The van der Waals surface area contributed by atoms with E-state index in [2.05, 4.69) is 10.4 Å². The normalized spacial score (nSPS) is 16.5. The number of urea groups is 1. The summed E-state index contributed by atoms with van der Waals surface area (Å²) in [6, 6.07) is 16.1. The first-order chi connectivity index (χ1) is 14.5. The van der Waals surface area contributed by atoms with Crippen molar-refractivity contribution in [3.63, 3.8) is 0 Å². The molecule has 2 heterocycles. The highest BCUT2D eigenvalue weighted by Crippen LogP contribution is 2.25. The first-order valence-electron chi connectivity index (χ1n) is 10.0. The van der Waals surface area contributed by atoms with Crippen molar-refractivity contribution in [2.75, 3.05) is 25.0 Å². The second-order valence-corrected chi connectivity index (χ2v) is 7.54. The first-order valence-corrected chi connectivity index (χ1v) is 10.0. The summed E-state index contributed by atoms with van der Waals surface area (Å²) in [6.45, 7) is 5.76. The topological polar surface area (TPSA) is 59.4 Å². The number of morpholine rings is 1. The molecule has 1 saturated heterocycles. The van der Waals surface area contributed by atoms with Crippen LogP contribution >= 0.6 is 0 Å². The molecule has 30 heavy (non-hydrogen) atoms. The maximum absolute atomic E-state index is 14.1. The molecule has 0 bridgehead atoms. The predicted molar refractivity (Wildman–Crippen MR) is 113 cm³/mol. The van der Waals surface area contributed by atoms with Gasteiger partial charge in [-0.25, -0.2) is 9.18 Å². The molecule has 7 heteroatoms. The van der Waals surface area contributed by atoms with E-state index >= 15 is 0 Å². The maximum atomic E-state index is 14.1. The van der Waals surface area contributed by atoms with Gasteiger partial charge in [-0.15, -0.1) is 0 Å². The number of benzene rings is 2. The second-order valence-electron chi connectivity index (χ2n) is 7.54. The number of amides is 2. The summed E-state index contributed by atoms with van der Waals surface area (Å²) in [5, 5.41) is 7.44. The van der Waals surface area contributed by atoms with Gasteiger partial charge in [0.1, 0.15) is 11.9 Å². The number of anilines is 1. The zero-order valence-corrected chi connectivity index (χ0v) is 17.1. The van der Waals surface area contributed by atoms with E-state index in [9.17, 15) is 9.18 Å². The highest BCUT2D eigenvalue weighted by atomic mass is 19.1. The smallest absolute Gasteiger partial charge is 0.322 e. The Labute approximate surface area is 175 Å². The molecular formula is C23H25FN4O2. The molecule has 3 aromatic rings. The molecule has 0 radical (unpaired) electrons. The minimum atomic E-state index is -0.469. The van der Waals surface area contributed by atoms with Gasteiger partial charge < -0.3 is 15.0 Å². The van der Waals surface area contributed by atoms with E-state index in [0.29, 0.717) is 37.5 Å². The Hall–Kier alpha value is -3.19. The summed E-state index contributed by atoms with van der Waals surface area (Å²) in [4.78, 5) is 14.5. The molecule has 1 aliphatic heterocycles. The minimum Gasteiger partial charge on any atom is -0.370 e. The Kier molecular flexibility index (Phi) is 5.81. The number of carbonyl (C=O) groups excluding carboxylic acids is 1. The Balaban J connectivity index is 1.42. The lowest BCUT2D eigenvalue weighted by Crippen LogP contribution is -2.44. The molecule has 1 aliphatic rings. The number of rotatable bonds is 4. The fraction of sp³-hybridized carbons (Fsp3) is 0.304. The summed E-state index contributed by atoms with van der Waals surface area (Å²) in [6.07, 6.45) is -0.469. The van der Waals surface area contributed by atoms with Gasteiger partial charge in [0.05, 0.1) is 25.4 Å². The van der Waals surface area contributed by atoms with Crippen LogP contribution in [0.5, 0.6) is 0 Å². The molecule has 2 aromatic carbocycles. The van der Waals surface area contributed by atoms with Crippen molar-refractivity contribution < 1.29 is 13.9 Å². The van der Waals surface area contributed by atoms with Crippen LogP contribution in [0.3, 0.4) is 0 Å². The summed E-state index contributed by atoms with van der Waals surface area (Å²) >= 11 is 0. The number of hydrogen-bond donors (Lipinski definition) is 1. The molecule has 0 saturated carbocycles. The molecule has 1 unspecified atom stereocenters. The molecule has 6 nitrogen and oxygen atoms in total. The van der Waals surface area contributed by atoms with E-state index in [1.54, 1.807) is 23.1 Å². The second kappa shape index (κ2) is 8.67. The third-order valence-corrected chi connectivity index (χ3v) is 5.22. The summed E-state index contributed by atoms with van der Waals surface area (Å²) in [7, 11) is 0. The molecule has 1 fully saturated rings. The van der Waals surface area contributed by atoms with Crippen molar-refractivity contribution in [3.8, 4) is 0 Å². The van der Waals surface area contributed by atoms with Gasteiger partial charge in [-0.1, -0.05) is 30.3 Å². The number of carbonyl (C=O) groups is 1. The van der Waals surface area contributed by atoms with Crippen molar-refractivity contribution in [3.05, 3.63) is 82.9 Å². The van der Waals surface area contributed by atoms with Gasteiger partial charge in [0, 0.05) is 23.5 Å². The average molecular weight is 408 g/mol. The van der Waals surface area contributed by atoms with Crippen LogP contribution in [0.1, 0.15) is 28.6 Å². The van der Waals surface area contributed by atoms with Crippen LogP contribution in [-0.2, 0) is 11.3 Å². The van der Waals surface area contributed by atoms with Gasteiger partial charge in [0.2, 0.25) is 0 Å². The van der Waals surface area contributed by atoms with E-state index in [4.69, 9.17) is 4.74 Å². The molecule has 0 spiro atoms. The molecule has 2 amide bonds. The molecule has 1 N–H and O–H groups in total. The predicted octanol–water partition coefficient (Wildman–Crippen LogP) is 4.29. The van der Waals surface area contributed by atoms with Crippen LogP contribution in [0.2, 0.25) is 0 Å². The van der Waals surface area contributed by atoms with E-state index < -0.39 is 6.10 Å². The largest absolute Gasteiger partial charge is 0.370 e. The molecule has 0 aliphatic carbocycles. The van der Waals surface area contributed by atoms with Crippen molar-refractivity contribution >= 4 is 11.7 Å². The fourth-order valence-electron chi connectivity index (χ4n) is 3.72. The molecule has 1 aromatic heterocycles. The Morgan fingerprint density at radius 3 is 2.80 bits per heavy atom. The van der Waals surface area contributed by atoms with Gasteiger partial charge in [0.25, 0.3) is 0 Å². The molecule has 4 rings (SSSR count). The third kappa shape index (κ3) is 4.52. The lowest BCUT2D eigenvalue weighted by molar-refractivity contribution is -0.0152. The molecule has 1 atom stereocenters.